The highest BCUT2D eigenvalue weighted by atomic mass is 79.9. The van der Waals surface area contributed by atoms with E-state index in [2.05, 4.69) is 30.9 Å². The molecule has 1 aromatic carbocycles. The van der Waals surface area contributed by atoms with Crippen LogP contribution in [0.5, 0.6) is 0 Å². The molecular formula is C11H8BrN3OS. The van der Waals surface area contributed by atoms with Crippen molar-refractivity contribution in [1.29, 1.82) is 0 Å². The van der Waals surface area contributed by atoms with Crippen molar-refractivity contribution in [3.63, 3.8) is 0 Å². The van der Waals surface area contributed by atoms with Gasteiger partial charge in [-0.05, 0) is 41.1 Å². The Labute approximate surface area is 109 Å². The van der Waals surface area contributed by atoms with Gasteiger partial charge in [-0.3, -0.25) is 0 Å². The number of benzene rings is 1. The zero-order valence-corrected chi connectivity index (χ0v) is 11.3. The first-order valence-electron chi connectivity index (χ1n) is 4.99. The maximum atomic E-state index is 11.2. The van der Waals surface area contributed by atoms with Gasteiger partial charge in [0, 0.05) is 5.56 Å². The van der Waals surface area contributed by atoms with Gasteiger partial charge in [0.15, 0.2) is 0 Å². The lowest BCUT2D eigenvalue weighted by Gasteiger charge is -1.95. The molecule has 2 N–H and O–H groups in total. The molecule has 0 fully saturated rings. The summed E-state index contributed by atoms with van der Waals surface area (Å²) in [5.41, 5.74) is 3.41. The number of imidazole rings is 1. The number of aromatic nitrogens is 3. The van der Waals surface area contributed by atoms with Crippen LogP contribution in [-0.2, 0) is 0 Å². The second-order valence-electron chi connectivity index (χ2n) is 3.72. The molecule has 3 rings (SSSR count). The molecule has 0 aliphatic carbocycles. The van der Waals surface area contributed by atoms with Gasteiger partial charge >= 0.3 is 5.69 Å². The minimum Gasteiger partial charge on any atom is -0.306 e. The second-order valence-corrected chi connectivity index (χ2v) is 6.03. The molecule has 2 aromatic heterocycles. The molecule has 0 radical (unpaired) electrons. The topological polar surface area (TPSA) is 61.5 Å². The second kappa shape index (κ2) is 3.82. The first-order chi connectivity index (χ1) is 8.13. The predicted octanol–water partition coefficient (Wildman–Crippen LogP) is 3.05. The van der Waals surface area contributed by atoms with E-state index in [1.165, 1.54) is 0 Å². The van der Waals surface area contributed by atoms with Gasteiger partial charge < -0.3 is 9.97 Å². The highest BCUT2D eigenvalue weighted by Gasteiger charge is 2.08. The van der Waals surface area contributed by atoms with Crippen LogP contribution in [-0.4, -0.2) is 15.0 Å². The van der Waals surface area contributed by atoms with Crippen molar-refractivity contribution >= 4 is 38.3 Å². The normalized spacial score (nSPS) is 11.2. The van der Waals surface area contributed by atoms with Crippen LogP contribution in [0.4, 0.5) is 0 Å². The average molecular weight is 310 g/mol. The van der Waals surface area contributed by atoms with Gasteiger partial charge in [-0.1, -0.05) is 0 Å². The monoisotopic (exact) mass is 309 g/mol. The van der Waals surface area contributed by atoms with Crippen LogP contribution in [0.1, 0.15) is 5.69 Å². The first kappa shape index (κ1) is 10.7. The van der Waals surface area contributed by atoms with Crippen LogP contribution < -0.4 is 5.69 Å². The fourth-order valence-electron chi connectivity index (χ4n) is 1.67. The lowest BCUT2D eigenvalue weighted by Crippen LogP contribution is -1.99. The van der Waals surface area contributed by atoms with Crippen molar-refractivity contribution in [3.8, 4) is 10.6 Å². The third-order valence-electron chi connectivity index (χ3n) is 2.50. The number of hydrogen-bond acceptors (Lipinski definition) is 3. The number of rotatable bonds is 1. The predicted molar refractivity (Wildman–Crippen MR) is 72.5 cm³/mol. The highest BCUT2D eigenvalue weighted by Crippen LogP contribution is 2.32. The lowest BCUT2D eigenvalue weighted by molar-refractivity contribution is 1.21. The van der Waals surface area contributed by atoms with Crippen LogP contribution in [0, 0.1) is 6.92 Å². The molecule has 0 spiro atoms. The smallest absolute Gasteiger partial charge is 0.306 e. The third-order valence-corrected chi connectivity index (χ3v) is 4.56. The van der Waals surface area contributed by atoms with Crippen molar-refractivity contribution in [2.75, 3.05) is 0 Å². The summed E-state index contributed by atoms with van der Waals surface area (Å²) in [5.74, 6) is 0. The molecule has 3 aromatic rings. The van der Waals surface area contributed by atoms with Crippen LogP contribution >= 0.6 is 27.3 Å². The van der Waals surface area contributed by atoms with Crippen molar-refractivity contribution in [1.82, 2.24) is 15.0 Å². The van der Waals surface area contributed by atoms with Crippen LogP contribution in [0.2, 0.25) is 0 Å². The zero-order valence-electron chi connectivity index (χ0n) is 8.87. The summed E-state index contributed by atoms with van der Waals surface area (Å²) in [5, 5.41) is 0.943. The van der Waals surface area contributed by atoms with Gasteiger partial charge in [0.25, 0.3) is 0 Å². The molecule has 0 saturated carbocycles. The molecule has 2 heterocycles. The van der Waals surface area contributed by atoms with Gasteiger partial charge in [-0.25, -0.2) is 9.78 Å². The van der Waals surface area contributed by atoms with Gasteiger partial charge in [-0.2, -0.15) is 0 Å². The fourth-order valence-corrected chi connectivity index (χ4v) is 3.01. The summed E-state index contributed by atoms with van der Waals surface area (Å²) in [6, 6.07) is 5.77. The molecule has 6 heteroatoms. The van der Waals surface area contributed by atoms with Crippen molar-refractivity contribution in [2.24, 2.45) is 0 Å². The Morgan fingerprint density at radius 1 is 1.29 bits per heavy atom. The number of fused-ring (bicyclic) bond motifs is 1. The maximum absolute atomic E-state index is 11.2. The molecule has 0 amide bonds. The Balaban J connectivity index is 2.20. The summed E-state index contributed by atoms with van der Waals surface area (Å²) in [6.45, 7) is 1.96. The third kappa shape index (κ3) is 1.83. The lowest BCUT2D eigenvalue weighted by atomic mass is 10.2. The summed E-state index contributed by atoms with van der Waals surface area (Å²) >= 11 is 5.05. The molecule has 86 valence electrons. The number of thiazole rings is 1. The minimum atomic E-state index is -0.186. The molecule has 0 unspecified atom stereocenters. The molecule has 0 saturated heterocycles. The zero-order chi connectivity index (χ0) is 12.0. The van der Waals surface area contributed by atoms with E-state index < -0.39 is 0 Å². The Morgan fingerprint density at radius 2 is 2.06 bits per heavy atom. The Kier molecular flexibility index (Phi) is 2.41. The average Bonchev–Trinajstić information content (AvgIpc) is 2.80. The number of halogens is 1. The number of H-pyrrole nitrogens is 2. The first-order valence-corrected chi connectivity index (χ1v) is 6.60. The summed E-state index contributed by atoms with van der Waals surface area (Å²) in [7, 11) is 0. The largest absolute Gasteiger partial charge is 0.323 e. The molecule has 0 aliphatic heterocycles. The van der Waals surface area contributed by atoms with E-state index in [4.69, 9.17) is 0 Å². The molecule has 0 atom stereocenters. The van der Waals surface area contributed by atoms with Crippen LogP contribution in [0.15, 0.2) is 26.8 Å². The van der Waals surface area contributed by atoms with Crippen molar-refractivity contribution in [3.05, 3.63) is 38.2 Å². The van der Waals surface area contributed by atoms with Gasteiger partial charge in [-0.15, -0.1) is 11.3 Å². The van der Waals surface area contributed by atoms with E-state index in [1.807, 2.05) is 25.1 Å². The Hall–Kier alpha value is -1.40. The SMILES string of the molecule is Cc1nc(-c2ccc3[nH]c(=O)[nH]c3c2)sc1Br. The summed E-state index contributed by atoms with van der Waals surface area (Å²) < 4.78 is 1.04. The van der Waals surface area contributed by atoms with Gasteiger partial charge in [0.05, 0.1) is 20.5 Å². The quantitative estimate of drug-likeness (QED) is 0.725. The summed E-state index contributed by atoms with van der Waals surface area (Å²) in [6.07, 6.45) is 0. The van der Waals surface area contributed by atoms with E-state index in [0.717, 1.165) is 31.1 Å². The Morgan fingerprint density at radius 3 is 2.76 bits per heavy atom. The minimum absolute atomic E-state index is 0.186. The van der Waals surface area contributed by atoms with E-state index in [1.54, 1.807) is 11.3 Å². The van der Waals surface area contributed by atoms with E-state index in [-0.39, 0.29) is 5.69 Å². The van der Waals surface area contributed by atoms with E-state index in [9.17, 15) is 4.79 Å². The van der Waals surface area contributed by atoms with Crippen LogP contribution in [0.3, 0.4) is 0 Å². The molecule has 17 heavy (non-hydrogen) atoms. The van der Waals surface area contributed by atoms with Gasteiger partial charge in [0.1, 0.15) is 5.01 Å². The van der Waals surface area contributed by atoms with Crippen molar-refractivity contribution < 1.29 is 0 Å². The molecule has 4 nitrogen and oxygen atoms in total. The number of nitrogens with one attached hydrogen (secondary N) is 2. The molecular weight excluding hydrogens is 302 g/mol. The maximum Gasteiger partial charge on any atom is 0.323 e. The fraction of sp³-hybridized carbons (Fsp3) is 0.0909. The van der Waals surface area contributed by atoms with E-state index >= 15 is 0 Å². The van der Waals surface area contributed by atoms with Gasteiger partial charge in [0.2, 0.25) is 0 Å². The number of aromatic amines is 2. The van der Waals surface area contributed by atoms with Crippen LogP contribution in [0.25, 0.3) is 21.6 Å². The molecule has 0 bridgehead atoms. The Bertz CT molecular complexity index is 736. The standard InChI is InChI=1S/C11H8BrN3OS/c1-5-9(12)17-10(13-5)6-2-3-7-8(4-6)15-11(16)14-7/h2-4H,1H3,(H2,14,15,16). The molecule has 0 aliphatic rings. The summed E-state index contributed by atoms with van der Waals surface area (Å²) in [4.78, 5) is 21.1. The van der Waals surface area contributed by atoms with Crippen molar-refractivity contribution in [2.45, 2.75) is 6.92 Å². The highest BCUT2D eigenvalue weighted by molar-refractivity contribution is 9.11. The van der Waals surface area contributed by atoms with E-state index in [0.29, 0.717) is 0 Å². The number of hydrogen-bond donors (Lipinski definition) is 2. The number of nitrogens with zero attached hydrogens (tertiary/aromatic N) is 1. The number of aryl methyl sites for hydroxylation is 1.